The third kappa shape index (κ3) is 6.56. The van der Waals surface area contributed by atoms with Gasteiger partial charge < -0.3 is 30.3 Å². The molecule has 4 unspecified atom stereocenters. The Hall–Kier alpha value is -1.18. The van der Waals surface area contributed by atoms with E-state index in [1.807, 2.05) is 12.1 Å². The van der Waals surface area contributed by atoms with Gasteiger partial charge in [-0.15, -0.1) is 0 Å². The fraction of sp³-hybridized carbons (Fsp3) is 0.684. The molecule has 0 aliphatic carbocycles. The Balaban J connectivity index is 2.79. The van der Waals surface area contributed by atoms with Crippen molar-refractivity contribution in [1.82, 2.24) is 0 Å². The minimum Gasteiger partial charge on any atom is -0.490 e. The Morgan fingerprint density at radius 3 is 2.20 bits per heavy atom. The summed E-state index contributed by atoms with van der Waals surface area (Å²) in [4.78, 5) is 0. The predicted molar refractivity (Wildman–Crippen MR) is 95.7 cm³/mol. The molecule has 6 heteroatoms. The van der Waals surface area contributed by atoms with Crippen LogP contribution >= 0.6 is 0 Å². The number of unbranched alkanes of at least 4 members (excludes halogenated alkanes) is 1. The third-order valence-electron chi connectivity index (χ3n) is 4.26. The van der Waals surface area contributed by atoms with Crippen molar-refractivity contribution in [3.8, 4) is 5.75 Å². The molecule has 0 amide bonds. The Morgan fingerprint density at radius 1 is 0.920 bits per heavy atom. The van der Waals surface area contributed by atoms with E-state index in [0.717, 1.165) is 37.7 Å². The van der Waals surface area contributed by atoms with Gasteiger partial charge in [-0.3, -0.25) is 0 Å². The highest BCUT2D eigenvalue weighted by molar-refractivity contribution is 5.40. The first-order chi connectivity index (χ1) is 12.0. The van der Waals surface area contributed by atoms with E-state index in [4.69, 9.17) is 9.84 Å². The summed E-state index contributed by atoms with van der Waals surface area (Å²) in [7, 11) is 0. The van der Waals surface area contributed by atoms with Crippen molar-refractivity contribution in [2.45, 2.75) is 70.4 Å². The molecule has 25 heavy (non-hydrogen) atoms. The minimum atomic E-state index is -1.64. The molecule has 144 valence electrons. The molecule has 0 aliphatic heterocycles. The van der Waals surface area contributed by atoms with Gasteiger partial charge in [0.2, 0.25) is 0 Å². The van der Waals surface area contributed by atoms with E-state index in [0.29, 0.717) is 5.75 Å². The number of aryl methyl sites for hydroxylation is 1. The van der Waals surface area contributed by atoms with Crippen molar-refractivity contribution in [2.75, 3.05) is 13.2 Å². The van der Waals surface area contributed by atoms with Gasteiger partial charge in [0, 0.05) is 0 Å². The molecule has 1 aromatic rings. The lowest BCUT2D eigenvalue weighted by atomic mass is 9.97. The molecule has 0 saturated heterocycles. The maximum absolute atomic E-state index is 10.0. The molecule has 0 saturated carbocycles. The summed E-state index contributed by atoms with van der Waals surface area (Å²) in [5.41, 5.74) is 2.34. The number of aliphatic hydroxyl groups excluding tert-OH is 5. The van der Waals surface area contributed by atoms with E-state index in [2.05, 4.69) is 19.9 Å². The van der Waals surface area contributed by atoms with Crippen LogP contribution in [0, 0.1) is 0 Å². The highest BCUT2D eigenvalue weighted by atomic mass is 16.5. The van der Waals surface area contributed by atoms with Gasteiger partial charge in [0.15, 0.2) is 0 Å². The molecule has 0 radical (unpaired) electrons. The van der Waals surface area contributed by atoms with E-state index in [9.17, 15) is 20.4 Å². The van der Waals surface area contributed by atoms with Gasteiger partial charge in [-0.25, -0.2) is 0 Å². The number of hydrogen-bond donors (Lipinski definition) is 5. The van der Waals surface area contributed by atoms with E-state index >= 15 is 0 Å². The second-order valence-electron chi connectivity index (χ2n) is 6.36. The second-order valence-corrected chi connectivity index (χ2v) is 6.36. The van der Waals surface area contributed by atoms with Gasteiger partial charge in [-0.2, -0.15) is 0 Å². The summed E-state index contributed by atoms with van der Waals surface area (Å²) in [5.74, 6) is 0.669. The van der Waals surface area contributed by atoms with E-state index < -0.39 is 31.0 Å². The number of benzene rings is 1. The first kappa shape index (κ1) is 21.9. The van der Waals surface area contributed by atoms with Crippen LogP contribution in [0.4, 0.5) is 0 Å². The zero-order valence-corrected chi connectivity index (χ0v) is 15.1. The molecule has 0 heterocycles. The summed E-state index contributed by atoms with van der Waals surface area (Å²) in [5, 5.41) is 47.7. The average Bonchev–Trinajstić information content (AvgIpc) is 2.63. The van der Waals surface area contributed by atoms with Crippen LogP contribution in [0.3, 0.4) is 0 Å². The number of aliphatic hydroxyl groups is 5. The maximum atomic E-state index is 10.0. The predicted octanol–water partition coefficient (Wildman–Crippen LogP) is 0.796. The van der Waals surface area contributed by atoms with Crippen LogP contribution < -0.4 is 4.74 Å². The summed E-state index contributed by atoms with van der Waals surface area (Å²) in [6, 6.07) is 5.82. The molecule has 0 spiro atoms. The fourth-order valence-electron chi connectivity index (χ4n) is 2.72. The van der Waals surface area contributed by atoms with Gasteiger partial charge in [0.1, 0.15) is 36.8 Å². The summed E-state index contributed by atoms with van der Waals surface area (Å²) < 4.78 is 5.70. The third-order valence-corrected chi connectivity index (χ3v) is 4.26. The first-order valence-corrected chi connectivity index (χ1v) is 9.02. The lowest BCUT2D eigenvalue weighted by Gasteiger charge is -2.26. The molecule has 1 aromatic carbocycles. The van der Waals surface area contributed by atoms with E-state index in [1.165, 1.54) is 5.56 Å². The van der Waals surface area contributed by atoms with Gasteiger partial charge in [0.25, 0.3) is 0 Å². The Morgan fingerprint density at radius 2 is 1.60 bits per heavy atom. The molecule has 0 fully saturated rings. The standard InChI is InChI=1S/C19H32O6/c1-3-5-9-14-13(7-4-2)8-6-10-17(14)25-12-16(22)19(24)18(23)15(21)11-20/h6,8,10,15-16,18-24H,3-5,7,9,11-12H2,1-2H3. The van der Waals surface area contributed by atoms with Crippen molar-refractivity contribution in [1.29, 1.82) is 0 Å². The fourth-order valence-corrected chi connectivity index (χ4v) is 2.72. The quantitative estimate of drug-likeness (QED) is 0.379. The smallest absolute Gasteiger partial charge is 0.122 e. The zero-order valence-electron chi connectivity index (χ0n) is 15.1. The molecule has 0 aliphatic rings. The monoisotopic (exact) mass is 356 g/mol. The van der Waals surface area contributed by atoms with E-state index in [1.54, 1.807) is 0 Å². The van der Waals surface area contributed by atoms with Crippen molar-refractivity contribution in [3.05, 3.63) is 29.3 Å². The van der Waals surface area contributed by atoms with Crippen LogP contribution in [0.1, 0.15) is 44.2 Å². The Kier molecular flexibility index (Phi) is 10.0. The molecule has 6 nitrogen and oxygen atoms in total. The lowest BCUT2D eigenvalue weighted by molar-refractivity contribution is -0.121. The number of rotatable bonds is 12. The second kappa shape index (κ2) is 11.4. The molecular formula is C19H32O6. The lowest BCUT2D eigenvalue weighted by Crippen LogP contribution is -2.47. The van der Waals surface area contributed by atoms with E-state index in [-0.39, 0.29) is 6.61 Å². The largest absolute Gasteiger partial charge is 0.490 e. The highest BCUT2D eigenvalue weighted by Gasteiger charge is 2.30. The minimum absolute atomic E-state index is 0.217. The molecule has 0 bridgehead atoms. The highest BCUT2D eigenvalue weighted by Crippen LogP contribution is 2.26. The molecule has 0 aromatic heterocycles. The summed E-state index contributed by atoms with van der Waals surface area (Å²) in [6.07, 6.45) is -1.21. The molecular weight excluding hydrogens is 324 g/mol. The van der Waals surface area contributed by atoms with Crippen LogP contribution in [-0.2, 0) is 12.8 Å². The van der Waals surface area contributed by atoms with Crippen molar-refractivity contribution < 1.29 is 30.3 Å². The number of hydrogen-bond acceptors (Lipinski definition) is 6. The van der Waals surface area contributed by atoms with Crippen LogP contribution in [-0.4, -0.2) is 63.2 Å². The van der Waals surface area contributed by atoms with Gasteiger partial charge in [0.05, 0.1) is 6.61 Å². The molecule has 5 N–H and O–H groups in total. The Labute approximate surface area is 149 Å². The van der Waals surface area contributed by atoms with Gasteiger partial charge in [-0.05, 0) is 36.5 Å². The molecule has 4 atom stereocenters. The maximum Gasteiger partial charge on any atom is 0.122 e. The molecule has 1 rings (SSSR count). The average molecular weight is 356 g/mol. The SMILES string of the molecule is CCCCc1c(CCC)cccc1OCC(O)C(O)C(O)C(O)CO. The van der Waals surface area contributed by atoms with Crippen molar-refractivity contribution >= 4 is 0 Å². The van der Waals surface area contributed by atoms with Crippen LogP contribution in [0.25, 0.3) is 0 Å². The van der Waals surface area contributed by atoms with Crippen LogP contribution in [0.5, 0.6) is 5.75 Å². The number of ether oxygens (including phenoxy) is 1. The van der Waals surface area contributed by atoms with Gasteiger partial charge in [-0.1, -0.05) is 38.8 Å². The summed E-state index contributed by atoms with van der Waals surface area (Å²) >= 11 is 0. The first-order valence-electron chi connectivity index (χ1n) is 9.02. The Bertz CT molecular complexity index is 493. The van der Waals surface area contributed by atoms with Crippen LogP contribution in [0.15, 0.2) is 18.2 Å². The normalized spacial score (nSPS) is 16.3. The van der Waals surface area contributed by atoms with Crippen molar-refractivity contribution in [2.24, 2.45) is 0 Å². The van der Waals surface area contributed by atoms with Gasteiger partial charge >= 0.3 is 0 Å². The van der Waals surface area contributed by atoms with Crippen LogP contribution in [0.2, 0.25) is 0 Å². The van der Waals surface area contributed by atoms with Crippen molar-refractivity contribution in [3.63, 3.8) is 0 Å². The summed E-state index contributed by atoms with van der Waals surface area (Å²) in [6.45, 7) is 3.32. The zero-order chi connectivity index (χ0) is 18.8. The topological polar surface area (TPSA) is 110 Å².